The molecule has 1 aliphatic carbocycles. The summed E-state index contributed by atoms with van der Waals surface area (Å²) in [6.07, 6.45) is 3.73. The van der Waals surface area contributed by atoms with Gasteiger partial charge in [0.2, 0.25) is 11.7 Å². The lowest BCUT2D eigenvalue weighted by Gasteiger charge is -2.18. The Hall–Kier alpha value is -1.73. The number of aryl methyl sites for hydroxylation is 1. The van der Waals surface area contributed by atoms with Gasteiger partial charge >= 0.3 is 5.97 Å². The minimum Gasteiger partial charge on any atom is -0.480 e. The molecule has 1 fully saturated rings. The highest BCUT2D eigenvalue weighted by atomic mass is 32.1. The molecule has 0 bridgehead atoms. The monoisotopic (exact) mass is 307 g/mol. The number of aromatic nitrogens is 2. The molecule has 0 atom stereocenters. The van der Waals surface area contributed by atoms with Gasteiger partial charge in [-0.25, -0.2) is 0 Å². The Bertz CT molecular complexity index is 592. The molecule has 3 rings (SSSR count). The summed E-state index contributed by atoms with van der Waals surface area (Å²) in [4.78, 5) is 18.2. The number of hydrogen-bond donors (Lipinski definition) is 1. The van der Waals surface area contributed by atoms with Crippen molar-refractivity contribution in [3.8, 4) is 10.7 Å². The number of carboxylic acid groups (broad SMARTS) is 1. The summed E-state index contributed by atoms with van der Waals surface area (Å²) in [5.74, 6) is 0.480. The first-order valence-corrected chi connectivity index (χ1v) is 7.92. The third-order valence-electron chi connectivity index (χ3n) is 3.45. The third-order valence-corrected chi connectivity index (χ3v) is 4.31. The Balaban J connectivity index is 1.49. The Kier molecular flexibility index (Phi) is 4.31. The average molecular weight is 307 g/mol. The fourth-order valence-electron chi connectivity index (χ4n) is 2.30. The normalized spacial score (nSPS) is 14.7. The van der Waals surface area contributed by atoms with E-state index in [2.05, 4.69) is 10.1 Å². The summed E-state index contributed by atoms with van der Waals surface area (Å²) in [7, 11) is 0. The zero-order valence-corrected chi connectivity index (χ0v) is 12.4. The van der Waals surface area contributed by atoms with Crippen LogP contribution in [0.15, 0.2) is 22.0 Å². The Morgan fingerprint density at radius 1 is 1.52 bits per heavy atom. The molecule has 0 saturated heterocycles. The molecule has 0 aliphatic heterocycles. The van der Waals surface area contributed by atoms with Gasteiger partial charge in [-0.2, -0.15) is 4.98 Å². The second kappa shape index (κ2) is 6.36. The first-order valence-electron chi connectivity index (χ1n) is 7.04. The maximum atomic E-state index is 10.8. The van der Waals surface area contributed by atoms with Gasteiger partial charge in [0, 0.05) is 12.5 Å². The molecule has 112 valence electrons. The minimum absolute atomic E-state index is 0.120. The second-order valence-electron chi connectivity index (χ2n) is 5.19. The van der Waals surface area contributed by atoms with Crippen LogP contribution in [-0.2, 0) is 11.2 Å². The second-order valence-corrected chi connectivity index (χ2v) is 6.14. The topological polar surface area (TPSA) is 79.5 Å². The minimum atomic E-state index is -0.764. The molecule has 0 radical (unpaired) electrons. The summed E-state index contributed by atoms with van der Waals surface area (Å²) in [6, 6.07) is 4.36. The highest BCUT2D eigenvalue weighted by Gasteiger charge is 2.29. The Labute approximate surface area is 126 Å². The lowest BCUT2D eigenvalue weighted by atomic mass is 10.3. The smallest absolute Gasteiger partial charge is 0.317 e. The number of carboxylic acids is 1. The first kappa shape index (κ1) is 14.2. The SMILES string of the molecule is O=C(O)CN(CCCc1nc(-c2cccs2)no1)C1CC1. The van der Waals surface area contributed by atoms with Crippen molar-refractivity contribution in [2.24, 2.45) is 0 Å². The van der Waals surface area contributed by atoms with Crippen molar-refractivity contribution in [1.82, 2.24) is 15.0 Å². The van der Waals surface area contributed by atoms with Crippen LogP contribution < -0.4 is 0 Å². The van der Waals surface area contributed by atoms with Crippen molar-refractivity contribution in [3.63, 3.8) is 0 Å². The molecule has 0 aromatic carbocycles. The van der Waals surface area contributed by atoms with Gasteiger partial charge < -0.3 is 9.63 Å². The molecule has 1 N–H and O–H groups in total. The van der Waals surface area contributed by atoms with Crippen molar-refractivity contribution < 1.29 is 14.4 Å². The van der Waals surface area contributed by atoms with Gasteiger partial charge in [0.15, 0.2) is 0 Å². The van der Waals surface area contributed by atoms with Gasteiger partial charge in [0.25, 0.3) is 0 Å². The van der Waals surface area contributed by atoms with Crippen molar-refractivity contribution in [2.75, 3.05) is 13.1 Å². The molecular weight excluding hydrogens is 290 g/mol. The summed E-state index contributed by atoms with van der Waals surface area (Å²) < 4.78 is 5.24. The zero-order chi connectivity index (χ0) is 14.7. The van der Waals surface area contributed by atoms with Crippen LogP contribution in [0, 0.1) is 0 Å². The Morgan fingerprint density at radius 2 is 2.38 bits per heavy atom. The number of thiophene rings is 1. The van der Waals surface area contributed by atoms with E-state index < -0.39 is 5.97 Å². The summed E-state index contributed by atoms with van der Waals surface area (Å²) in [6.45, 7) is 0.878. The molecule has 2 heterocycles. The quantitative estimate of drug-likeness (QED) is 0.806. The van der Waals surface area contributed by atoms with Gasteiger partial charge in [-0.05, 0) is 37.3 Å². The van der Waals surface area contributed by atoms with Crippen LogP contribution in [0.2, 0.25) is 0 Å². The highest BCUT2D eigenvalue weighted by molar-refractivity contribution is 7.13. The van der Waals surface area contributed by atoms with Crippen LogP contribution >= 0.6 is 11.3 Å². The van der Waals surface area contributed by atoms with E-state index in [1.54, 1.807) is 11.3 Å². The van der Waals surface area contributed by atoms with Crippen molar-refractivity contribution in [1.29, 1.82) is 0 Å². The van der Waals surface area contributed by atoms with Crippen LogP contribution in [0.5, 0.6) is 0 Å². The van der Waals surface area contributed by atoms with Crippen LogP contribution in [0.25, 0.3) is 10.7 Å². The summed E-state index contributed by atoms with van der Waals surface area (Å²) in [5, 5.41) is 14.9. The predicted octanol–water partition coefficient (Wildman–Crippen LogP) is 2.28. The van der Waals surface area contributed by atoms with E-state index in [0.29, 0.717) is 24.2 Å². The van der Waals surface area contributed by atoms with E-state index in [-0.39, 0.29) is 6.54 Å². The molecule has 2 aromatic heterocycles. The number of hydrogen-bond acceptors (Lipinski definition) is 6. The van der Waals surface area contributed by atoms with E-state index >= 15 is 0 Å². The molecule has 0 unspecified atom stereocenters. The third kappa shape index (κ3) is 3.89. The maximum Gasteiger partial charge on any atom is 0.317 e. The molecule has 7 heteroatoms. The van der Waals surface area contributed by atoms with Crippen molar-refractivity contribution in [3.05, 3.63) is 23.4 Å². The fourth-order valence-corrected chi connectivity index (χ4v) is 2.95. The van der Waals surface area contributed by atoms with Crippen LogP contribution in [-0.4, -0.2) is 45.2 Å². The van der Waals surface area contributed by atoms with E-state index in [1.807, 2.05) is 22.4 Å². The fraction of sp³-hybridized carbons (Fsp3) is 0.500. The largest absolute Gasteiger partial charge is 0.480 e. The standard InChI is InChI=1S/C14H17N3O3S/c18-13(19)9-17(10-5-6-10)7-1-4-12-15-14(16-20-12)11-3-2-8-21-11/h2-3,8,10H,1,4-7,9H2,(H,18,19). The molecule has 0 spiro atoms. The predicted molar refractivity (Wildman–Crippen MR) is 78.2 cm³/mol. The molecule has 2 aromatic rings. The average Bonchev–Trinajstić information content (AvgIpc) is 2.97. The number of rotatable bonds is 8. The maximum absolute atomic E-state index is 10.8. The molecular formula is C14H17N3O3S. The molecule has 21 heavy (non-hydrogen) atoms. The van der Waals surface area contributed by atoms with E-state index in [0.717, 1.165) is 30.7 Å². The number of carbonyl (C=O) groups is 1. The van der Waals surface area contributed by atoms with Crippen LogP contribution in [0.3, 0.4) is 0 Å². The zero-order valence-electron chi connectivity index (χ0n) is 11.6. The molecule has 1 aliphatic rings. The lowest BCUT2D eigenvalue weighted by molar-refractivity contribution is -0.138. The molecule has 6 nitrogen and oxygen atoms in total. The first-order chi connectivity index (χ1) is 10.2. The van der Waals surface area contributed by atoms with Gasteiger partial charge in [-0.1, -0.05) is 11.2 Å². The highest BCUT2D eigenvalue weighted by Crippen LogP contribution is 2.27. The van der Waals surface area contributed by atoms with E-state index in [1.165, 1.54) is 0 Å². The van der Waals surface area contributed by atoms with Gasteiger partial charge in [0.05, 0.1) is 11.4 Å². The van der Waals surface area contributed by atoms with Crippen LogP contribution in [0.4, 0.5) is 0 Å². The summed E-state index contributed by atoms with van der Waals surface area (Å²) in [5.41, 5.74) is 0. The van der Waals surface area contributed by atoms with E-state index in [9.17, 15) is 4.79 Å². The van der Waals surface area contributed by atoms with Crippen LogP contribution in [0.1, 0.15) is 25.2 Å². The van der Waals surface area contributed by atoms with Gasteiger partial charge in [-0.3, -0.25) is 9.69 Å². The summed E-state index contributed by atoms with van der Waals surface area (Å²) >= 11 is 1.58. The molecule has 1 saturated carbocycles. The number of nitrogens with zero attached hydrogens (tertiary/aromatic N) is 3. The number of aliphatic carboxylic acids is 1. The van der Waals surface area contributed by atoms with Gasteiger partial charge in [-0.15, -0.1) is 11.3 Å². The van der Waals surface area contributed by atoms with Crippen molar-refractivity contribution in [2.45, 2.75) is 31.7 Å². The lowest BCUT2D eigenvalue weighted by Crippen LogP contribution is -2.32. The van der Waals surface area contributed by atoms with Gasteiger partial charge in [0.1, 0.15) is 0 Å². The molecule has 0 amide bonds. The van der Waals surface area contributed by atoms with Crippen molar-refractivity contribution >= 4 is 17.3 Å². The van der Waals surface area contributed by atoms with E-state index in [4.69, 9.17) is 9.63 Å². The Morgan fingerprint density at radius 3 is 3.05 bits per heavy atom.